The minimum atomic E-state index is -0.845. The van der Waals surface area contributed by atoms with Crippen LogP contribution in [0.1, 0.15) is 18.9 Å². The van der Waals surface area contributed by atoms with Gasteiger partial charge in [-0.05, 0) is 18.1 Å². The number of carbonyl (C=O) groups excluding carboxylic acids is 1. The van der Waals surface area contributed by atoms with Crippen LogP contribution in [0.5, 0.6) is 0 Å². The van der Waals surface area contributed by atoms with Gasteiger partial charge in [-0.2, -0.15) is 0 Å². The number of halogens is 2. The van der Waals surface area contributed by atoms with Crippen molar-refractivity contribution in [2.24, 2.45) is 5.92 Å². The van der Waals surface area contributed by atoms with Crippen LogP contribution in [-0.4, -0.2) is 16.2 Å². The lowest BCUT2D eigenvalue weighted by atomic mass is 10.1. The molecule has 2 aromatic rings. The minimum absolute atomic E-state index is 0.110. The monoisotopic (exact) mass is 312 g/mol. The topological polar surface area (TPSA) is 66.9 Å². The Kier molecular flexibility index (Phi) is 4.79. The summed E-state index contributed by atoms with van der Waals surface area (Å²) in [6, 6.07) is 2.24. The fraction of sp³-hybridized carbons (Fsp3) is 0.308. The summed E-state index contributed by atoms with van der Waals surface area (Å²) in [7, 11) is 0. The van der Waals surface area contributed by atoms with Crippen LogP contribution in [0.25, 0.3) is 0 Å². The zero-order valence-electron chi connectivity index (χ0n) is 11.5. The number of carbonyl (C=O) groups is 1. The molecule has 0 saturated heterocycles. The zero-order chi connectivity index (χ0) is 15.4. The summed E-state index contributed by atoms with van der Waals surface area (Å²) in [5, 5.41) is 13.7. The third kappa shape index (κ3) is 4.45. The van der Waals surface area contributed by atoms with Crippen LogP contribution < -0.4 is 10.6 Å². The lowest BCUT2D eigenvalue weighted by Crippen LogP contribution is -2.20. The molecule has 0 atom stereocenters. The van der Waals surface area contributed by atoms with E-state index in [1.165, 1.54) is 11.3 Å². The summed E-state index contributed by atoms with van der Waals surface area (Å²) in [5.74, 6) is -1.11. The molecule has 0 aliphatic heterocycles. The van der Waals surface area contributed by atoms with Gasteiger partial charge in [-0.3, -0.25) is 5.32 Å². The van der Waals surface area contributed by atoms with Gasteiger partial charge in [0.25, 0.3) is 0 Å². The largest absolute Gasteiger partial charge is 0.325 e. The van der Waals surface area contributed by atoms with Gasteiger partial charge in [0.1, 0.15) is 16.6 Å². The summed E-state index contributed by atoms with van der Waals surface area (Å²) >= 11 is 1.26. The molecule has 1 aromatic heterocycles. The van der Waals surface area contributed by atoms with Crippen molar-refractivity contribution in [1.29, 1.82) is 0 Å². The van der Waals surface area contributed by atoms with Crippen LogP contribution in [0, 0.1) is 17.6 Å². The first kappa shape index (κ1) is 15.3. The van der Waals surface area contributed by atoms with E-state index < -0.39 is 17.7 Å². The predicted molar refractivity (Wildman–Crippen MR) is 77.5 cm³/mol. The molecule has 5 nitrogen and oxygen atoms in total. The van der Waals surface area contributed by atoms with Gasteiger partial charge < -0.3 is 5.32 Å². The fourth-order valence-electron chi connectivity index (χ4n) is 1.58. The van der Waals surface area contributed by atoms with Gasteiger partial charge in [0, 0.05) is 12.5 Å². The lowest BCUT2D eigenvalue weighted by molar-refractivity contribution is 0.262. The third-order valence-corrected chi connectivity index (χ3v) is 3.31. The molecular weight excluding hydrogens is 298 g/mol. The Labute approximate surface area is 124 Å². The van der Waals surface area contributed by atoms with Crippen molar-refractivity contribution < 1.29 is 13.6 Å². The quantitative estimate of drug-likeness (QED) is 0.905. The van der Waals surface area contributed by atoms with Crippen molar-refractivity contribution >= 4 is 28.2 Å². The van der Waals surface area contributed by atoms with Crippen molar-refractivity contribution in [3.63, 3.8) is 0 Å². The number of nitrogens with one attached hydrogen (secondary N) is 2. The van der Waals surface area contributed by atoms with Gasteiger partial charge >= 0.3 is 6.03 Å². The molecule has 2 N–H and O–H groups in total. The molecule has 1 heterocycles. The Hall–Kier alpha value is -2.09. The molecular formula is C13H14F2N4OS. The molecule has 0 fully saturated rings. The smallest absolute Gasteiger partial charge is 0.305 e. The van der Waals surface area contributed by atoms with E-state index in [4.69, 9.17) is 0 Å². The number of nitrogens with zero attached hydrogens (tertiary/aromatic N) is 2. The van der Waals surface area contributed by atoms with E-state index in [1.54, 1.807) is 0 Å². The molecule has 1 aromatic carbocycles. The first-order chi connectivity index (χ1) is 9.94. The fourth-order valence-corrected chi connectivity index (χ4v) is 2.52. The number of urea groups is 1. The summed E-state index contributed by atoms with van der Waals surface area (Å²) in [6.45, 7) is 4.11. The Morgan fingerprint density at radius 2 is 2.05 bits per heavy atom. The molecule has 0 unspecified atom stereocenters. The van der Waals surface area contributed by atoms with Crippen LogP contribution in [0.2, 0.25) is 0 Å². The Morgan fingerprint density at radius 1 is 1.29 bits per heavy atom. The predicted octanol–water partition coefficient (Wildman–Crippen LogP) is 3.66. The number of hydrogen-bond donors (Lipinski definition) is 2. The van der Waals surface area contributed by atoms with Gasteiger partial charge in [-0.25, -0.2) is 13.6 Å². The lowest BCUT2D eigenvalue weighted by Gasteiger charge is -2.06. The van der Waals surface area contributed by atoms with E-state index in [1.807, 2.05) is 0 Å². The van der Waals surface area contributed by atoms with Crippen LogP contribution in [0.15, 0.2) is 18.2 Å². The molecule has 0 radical (unpaired) electrons. The van der Waals surface area contributed by atoms with Crippen molar-refractivity contribution in [3.05, 3.63) is 34.8 Å². The van der Waals surface area contributed by atoms with Gasteiger partial charge in [0.05, 0.1) is 5.69 Å². The molecule has 0 saturated carbocycles. The molecule has 8 heteroatoms. The molecule has 0 bridgehead atoms. The Balaban J connectivity index is 1.96. The summed E-state index contributed by atoms with van der Waals surface area (Å²) in [6.07, 6.45) is 0.771. The average molecular weight is 312 g/mol. The maximum atomic E-state index is 13.4. The van der Waals surface area contributed by atoms with E-state index in [2.05, 4.69) is 34.7 Å². The molecule has 0 spiro atoms. The highest BCUT2D eigenvalue weighted by Crippen LogP contribution is 2.19. The number of aromatic nitrogens is 2. The zero-order valence-corrected chi connectivity index (χ0v) is 12.3. The maximum Gasteiger partial charge on any atom is 0.325 e. The molecule has 112 valence electrons. The van der Waals surface area contributed by atoms with Gasteiger partial charge in [0.15, 0.2) is 0 Å². The van der Waals surface area contributed by atoms with Gasteiger partial charge in [-0.15, -0.1) is 10.2 Å². The molecule has 0 aliphatic rings. The van der Waals surface area contributed by atoms with E-state index in [-0.39, 0.29) is 5.69 Å². The number of rotatable bonds is 4. The van der Waals surface area contributed by atoms with Crippen molar-refractivity contribution in [3.8, 4) is 0 Å². The van der Waals surface area contributed by atoms with Gasteiger partial charge in [0.2, 0.25) is 5.13 Å². The van der Waals surface area contributed by atoms with E-state index in [9.17, 15) is 13.6 Å². The van der Waals surface area contributed by atoms with Crippen LogP contribution in [0.3, 0.4) is 0 Å². The van der Waals surface area contributed by atoms with Crippen LogP contribution in [-0.2, 0) is 6.42 Å². The van der Waals surface area contributed by atoms with E-state index in [0.29, 0.717) is 17.1 Å². The van der Waals surface area contributed by atoms with E-state index >= 15 is 0 Å². The van der Waals surface area contributed by atoms with Crippen LogP contribution in [0.4, 0.5) is 24.4 Å². The van der Waals surface area contributed by atoms with Gasteiger partial charge in [-0.1, -0.05) is 25.2 Å². The molecule has 0 aliphatic carbocycles. The first-order valence-corrected chi connectivity index (χ1v) is 7.11. The highest BCUT2D eigenvalue weighted by molar-refractivity contribution is 7.15. The highest BCUT2D eigenvalue weighted by atomic mass is 32.1. The second kappa shape index (κ2) is 6.57. The number of hydrogen-bond acceptors (Lipinski definition) is 4. The summed E-state index contributed by atoms with van der Waals surface area (Å²) < 4.78 is 26.1. The maximum absolute atomic E-state index is 13.4. The minimum Gasteiger partial charge on any atom is -0.305 e. The highest BCUT2D eigenvalue weighted by Gasteiger charge is 2.11. The standard InChI is InChI=1S/C13H14F2N4OS/c1-7(2)5-11-18-19-13(21-11)17-12(20)16-10-4-3-8(14)6-9(10)15/h3-4,6-7H,5H2,1-2H3,(H2,16,17,19,20). The second-order valence-electron chi connectivity index (χ2n) is 4.80. The number of benzene rings is 1. The summed E-state index contributed by atoms with van der Waals surface area (Å²) in [5.41, 5.74) is -0.110. The number of anilines is 2. The Bertz CT molecular complexity index is 645. The molecule has 2 amide bonds. The molecule has 21 heavy (non-hydrogen) atoms. The van der Waals surface area contributed by atoms with Crippen LogP contribution >= 0.6 is 11.3 Å². The van der Waals surface area contributed by atoms with Crippen molar-refractivity contribution in [2.75, 3.05) is 10.6 Å². The second-order valence-corrected chi connectivity index (χ2v) is 5.86. The Morgan fingerprint density at radius 3 is 2.71 bits per heavy atom. The molecule has 2 rings (SSSR count). The normalized spacial score (nSPS) is 10.7. The van der Waals surface area contributed by atoms with Crippen molar-refractivity contribution in [2.45, 2.75) is 20.3 Å². The number of amides is 2. The van der Waals surface area contributed by atoms with E-state index in [0.717, 1.165) is 23.6 Å². The first-order valence-electron chi connectivity index (χ1n) is 6.29. The van der Waals surface area contributed by atoms with Crippen molar-refractivity contribution in [1.82, 2.24) is 10.2 Å². The SMILES string of the molecule is CC(C)Cc1nnc(NC(=O)Nc2ccc(F)cc2F)s1. The average Bonchev–Trinajstić information content (AvgIpc) is 2.79. The third-order valence-electron chi connectivity index (χ3n) is 2.45. The summed E-state index contributed by atoms with van der Waals surface area (Å²) in [4.78, 5) is 11.7.